The average molecular weight is 213 g/mol. The van der Waals surface area contributed by atoms with Crippen LogP contribution in [0.1, 0.15) is 44.9 Å². The highest BCUT2D eigenvalue weighted by Crippen LogP contribution is 2.35. The molecule has 1 nitrogen and oxygen atoms in total. The molecule has 0 saturated heterocycles. The van der Waals surface area contributed by atoms with Crippen molar-refractivity contribution in [3.63, 3.8) is 0 Å². The summed E-state index contributed by atoms with van der Waals surface area (Å²) in [5.41, 5.74) is 1.38. The molecule has 2 unspecified atom stereocenters. The first-order valence-electron chi connectivity index (χ1n) is 5.63. The summed E-state index contributed by atoms with van der Waals surface area (Å²) in [7, 11) is 0. The van der Waals surface area contributed by atoms with Gasteiger partial charge in [0.25, 0.3) is 0 Å². The fourth-order valence-corrected chi connectivity index (χ4v) is 2.99. The number of ketones is 1. The van der Waals surface area contributed by atoms with Crippen LogP contribution in [0.15, 0.2) is 11.6 Å². The Morgan fingerprint density at radius 3 is 3.00 bits per heavy atom. The summed E-state index contributed by atoms with van der Waals surface area (Å²) in [6, 6.07) is 0. The third-order valence-corrected chi connectivity index (χ3v) is 3.68. The highest BCUT2D eigenvalue weighted by molar-refractivity contribution is 6.22. The summed E-state index contributed by atoms with van der Waals surface area (Å²) < 4.78 is 0. The van der Waals surface area contributed by atoms with E-state index < -0.39 is 0 Å². The normalized spacial score (nSPS) is 34.1. The maximum Gasteiger partial charge on any atom is 0.157 e. The second-order valence-electron chi connectivity index (χ2n) is 4.52. The lowest BCUT2D eigenvalue weighted by atomic mass is 9.91. The van der Waals surface area contributed by atoms with Crippen LogP contribution in [0.25, 0.3) is 0 Å². The maximum absolute atomic E-state index is 11.5. The number of hydrogen-bond donors (Lipinski definition) is 0. The molecule has 0 N–H and O–H groups in total. The zero-order chi connectivity index (χ0) is 9.97. The van der Waals surface area contributed by atoms with Crippen LogP contribution in [0, 0.1) is 5.92 Å². The monoisotopic (exact) mass is 212 g/mol. The van der Waals surface area contributed by atoms with Crippen LogP contribution in [0.2, 0.25) is 0 Å². The van der Waals surface area contributed by atoms with Crippen molar-refractivity contribution in [3.05, 3.63) is 11.6 Å². The number of carbonyl (C=O) groups excluding carboxylic acids is 1. The number of fused-ring (bicyclic) bond motifs is 1. The van der Waals surface area contributed by atoms with E-state index in [4.69, 9.17) is 11.6 Å². The van der Waals surface area contributed by atoms with Gasteiger partial charge in [-0.1, -0.05) is 18.4 Å². The second kappa shape index (κ2) is 4.48. The minimum Gasteiger partial charge on any atom is -0.295 e. The predicted molar refractivity (Wildman–Crippen MR) is 58.5 cm³/mol. The van der Waals surface area contributed by atoms with Gasteiger partial charge >= 0.3 is 0 Å². The van der Waals surface area contributed by atoms with Crippen molar-refractivity contribution in [2.24, 2.45) is 5.92 Å². The molecule has 0 spiro atoms. The van der Waals surface area contributed by atoms with E-state index in [1.807, 2.05) is 6.08 Å². The van der Waals surface area contributed by atoms with Crippen molar-refractivity contribution in [2.45, 2.75) is 50.3 Å². The molecule has 0 aromatic carbocycles. The quantitative estimate of drug-likeness (QED) is 0.562. The first-order chi connectivity index (χ1) is 6.75. The molecule has 2 rings (SSSR count). The molecular formula is C12H17ClO. The molecule has 2 atom stereocenters. The number of hydrogen-bond acceptors (Lipinski definition) is 1. The van der Waals surface area contributed by atoms with Crippen LogP contribution in [0.4, 0.5) is 0 Å². The Balaban J connectivity index is 2.17. The number of rotatable bonds is 0. The lowest BCUT2D eigenvalue weighted by molar-refractivity contribution is -0.114. The maximum atomic E-state index is 11.5. The molecule has 78 valence electrons. The first kappa shape index (κ1) is 10.2. The Morgan fingerprint density at radius 2 is 2.14 bits per heavy atom. The van der Waals surface area contributed by atoms with Gasteiger partial charge in [0, 0.05) is 11.8 Å². The summed E-state index contributed by atoms with van der Waals surface area (Å²) in [6.07, 6.45) is 9.68. The molecule has 14 heavy (non-hydrogen) atoms. The number of allylic oxidation sites excluding steroid dienone is 2. The van der Waals surface area contributed by atoms with Gasteiger partial charge in [0.1, 0.15) is 0 Å². The van der Waals surface area contributed by atoms with E-state index in [9.17, 15) is 4.79 Å². The highest BCUT2D eigenvalue weighted by Gasteiger charge is 2.25. The Kier molecular flexibility index (Phi) is 3.27. The van der Waals surface area contributed by atoms with Gasteiger partial charge in [0.05, 0.1) is 0 Å². The summed E-state index contributed by atoms with van der Waals surface area (Å²) in [5, 5.41) is 0.0688. The van der Waals surface area contributed by atoms with Crippen LogP contribution >= 0.6 is 11.6 Å². The van der Waals surface area contributed by atoms with Crippen LogP contribution in [0.3, 0.4) is 0 Å². The van der Waals surface area contributed by atoms with Crippen LogP contribution in [-0.2, 0) is 4.79 Å². The van der Waals surface area contributed by atoms with Crippen molar-refractivity contribution in [1.82, 2.24) is 0 Å². The Hall–Kier alpha value is -0.300. The topological polar surface area (TPSA) is 17.1 Å². The SMILES string of the molecule is O=C1C=C2CCCCCC2CC(Cl)C1. The van der Waals surface area contributed by atoms with E-state index in [0.717, 1.165) is 12.8 Å². The molecule has 2 heteroatoms. The fraction of sp³-hybridized carbons (Fsp3) is 0.750. The standard InChI is InChI=1S/C12H17ClO/c13-11-6-9-4-2-1-3-5-10(9)7-12(14)8-11/h7,9,11H,1-6,8H2. The zero-order valence-corrected chi connectivity index (χ0v) is 9.22. The van der Waals surface area contributed by atoms with Gasteiger partial charge in [-0.3, -0.25) is 4.79 Å². The summed E-state index contributed by atoms with van der Waals surface area (Å²) >= 11 is 6.13. The first-order valence-corrected chi connectivity index (χ1v) is 6.06. The van der Waals surface area contributed by atoms with E-state index in [1.54, 1.807) is 0 Å². The smallest absolute Gasteiger partial charge is 0.157 e. The van der Waals surface area contributed by atoms with Gasteiger partial charge in [-0.15, -0.1) is 11.6 Å². The van der Waals surface area contributed by atoms with Crippen molar-refractivity contribution in [3.8, 4) is 0 Å². The van der Waals surface area contributed by atoms with E-state index in [1.165, 1.54) is 31.3 Å². The van der Waals surface area contributed by atoms with Crippen molar-refractivity contribution >= 4 is 17.4 Å². The van der Waals surface area contributed by atoms with Crippen molar-refractivity contribution < 1.29 is 4.79 Å². The molecule has 0 aromatic heterocycles. The zero-order valence-electron chi connectivity index (χ0n) is 8.47. The molecule has 0 aromatic rings. The minimum atomic E-state index is 0.0688. The Bertz CT molecular complexity index is 257. The number of carbonyl (C=O) groups is 1. The molecule has 0 amide bonds. The van der Waals surface area contributed by atoms with Gasteiger partial charge in [-0.25, -0.2) is 0 Å². The number of halogens is 1. The molecular weight excluding hydrogens is 196 g/mol. The van der Waals surface area contributed by atoms with Crippen LogP contribution in [-0.4, -0.2) is 11.2 Å². The van der Waals surface area contributed by atoms with Gasteiger partial charge in [0.15, 0.2) is 5.78 Å². The highest BCUT2D eigenvalue weighted by atomic mass is 35.5. The minimum absolute atomic E-state index is 0.0688. The number of alkyl halides is 1. The second-order valence-corrected chi connectivity index (χ2v) is 5.14. The van der Waals surface area contributed by atoms with E-state index in [0.29, 0.717) is 12.3 Å². The summed E-state index contributed by atoms with van der Waals surface area (Å²) in [5.74, 6) is 0.843. The summed E-state index contributed by atoms with van der Waals surface area (Å²) in [6.45, 7) is 0. The van der Waals surface area contributed by atoms with Crippen LogP contribution in [0.5, 0.6) is 0 Å². The Labute approximate surface area is 90.5 Å². The van der Waals surface area contributed by atoms with E-state index in [2.05, 4.69) is 0 Å². The van der Waals surface area contributed by atoms with Gasteiger partial charge < -0.3 is 0 Å². The van der Waals surface area contributed by atoms with Gasteiger partial charge in [-0.2, -0.15) is 0 Å². The fourth-order valence-electron chi connectivity index (χ4n) is 2.62. The molecule has 1 saturated carbocycles. The molecule has 0 radical (unpaired) electrons. The van der Waals surface area contributed by atoms with Gasteiger partial charge in [0.2, 0.25) is 0 Å². The molecule has 2 aliphatic carbocycles. The largest absolute Gasteiger partial charge is 0.295 e. The Morgan fingerprint density at radius 1 is 1.29 bits per heavy atom. The predicted octanol–water partition coefficient (Wildman–Crippen LogP) is 3.46. The van der Waals surface area contributed by atoms with Crippen molar-refractivity contribution in [1.29, 1.82) is 0 Å². The molecule has 0 heterocycles. The molecule has 0 bridgehead atoms. The van der Waals surface area contributed by atoms with E-state index >= 15 is 0 Å². The van der Waals surface area contributed by atoms with Crippen LogP contribution < -0.4 is 0 Å². The lowest BCUT2D eigenvalue weighted by Gasteiger charge is -2.16. The summed E-state index contributed by atoms with van der Waals surface area (Å²) in [4.78, 5) is 11.5. The molecule has 1 fully saturated rings. The van der Waals surface area contributed by atoms with Gasteiger partial charge in [-0.05, 0) is 37.7 Å². The third kappa shape index (κ3) is 2.38. The molecule has 0 aliphatic heterocycles. The third-order valence-electron chi connectivity index (χ3n) is 3.35. The average Bonchev–Trinajstić information content (AvgIpc) is 2.36. The van der Waals surface area contributed by atoms with Crippen molar-refractivity contribution in [2.75, 3.05) is 0 Å². The molecule has 2 aliphatic rings. The lowest BCUT2D eigenvalue weighted by Crippen LogP contribution is -2.08. The van der Waals surface area contributed by atoms with E-state index in [-0.39, 0.29) is 11.2 Å².